The Balaban J connectivity index is 1.88. The molecule has 0 saturated heterocycles. The van der Waals surface area contributed by atoms with E-state index in [1.165, 1.54) is 31.2 Å². The number of aliphatic hydroxyl groups excluding tert-OH is 1. The number of hydrogen-bond acceptors (Lipinski definition) is 4. The van der Waals surface area contributed by atoms with Crippen molar-refractivity contribution in [3.8, 4) is 5.75 Å². The van der Waals surface area contributed by atoms with Gasteiger partial charge in [-0.1, -0.05) is 0 Å². The van der Waals surface area contributed by atoms with Crippen molar-refractivity contribution in [1.82, 2.24) is 10.3 Å². The number of ketones is 1. The molecule has 0 aliphatic heterocycles. The van der Waals surface area contributed by atoms with E-state index in [9.17, 15) is 19.1 Å². The molecule has 0 fully saturated rings. The van der Waals surface area contributed by atoms with Crippen LogP contribution >= 0.6 is 0 Å². The number of carbonyl (C=O) groups excluding carboxylic acids is 2. The molecule has 0 radical (unpaired) electrons. The van der Waals surface area contributed by atoms with Gasteiger partial charge in [0.05, 0.1) is 0 Å². The van der Waals surface area contributed by atoms with E-state index >= 15 is 0 Å². The third-order valence-corrected chi connectivity index (χ3v) is 3.77. The van der Waals surface area contributed by atoms with Crippen molar-refractivity contribution < 1.29 is 23.8 Å². The summed E-state index contributed by atoms with van der Waals surface area (Å²) in [5, 5.41) is 12.5. The largest absolute Gasteiger partial charge is 0.491 e. The summed E-state index contributed by atoms with van der Waals surface area (Å²) >= 11 is 0. The molecule has 2 aromatic rings. The summed E-state index contributed by atoms with van der Waals surface area (Å²) in [7, 11) is 0. The van der Waals surface area contributed by atoms with Crippen LogP contribution in [0, 0.1) is 19.7 Å². The lowest BCUT2D eigenvalue weighted by Gasteiger charge is -2.13. The minimum atomic E-state index is -0.933. The molecule has 1 atom stereocenters. The van der Waals surface area contributed by atoms with Gasteiger partial charge in [0.1, 0.15) is 30.0 Å². The number of aliphatic hydroxyl groups is 1. The van der Waals surface area contributed by atoms with Crippen molar-refractivity contribution in [1.29, 1.82) is 0 Å². The standard InChI is InChI=1S/C18H21FN2O4/c1-10-16(12(3)22)11(2)21-17(10)18(24)20-8-14(23)9-25-15-6-4-13(19)5-7-15/h4-7,14,21,23H,8-9H2,1-3H3,(H,20,24)/t14-/m1/s1. The fraction of sp³-hybridized carbons (Fsp3) is 0.333. The second-order valence-electron chi connectivity index (χ2n) is 5.81. The molecule has 25 heavy (non-hydrogen) atoms. The summed E-state index contributed by atoms with van der Waals surface area (Å²) in [5.41, 5.74) is 2.02. The van der Waals surface area contributed by atoms with Crippen LogP contribution in [0.2, 0.25) is 0 Å². The van der Waals surface area contributed by atoms with E-state index in [2.05, 4.69) is 10.3 Å². The Labute approximate surface area is 145 Å². The third-order valence-electron chi connectivity index (χ3n) is 3.77. The SMILES string of the molecule is CC(=O)c1c(C)[nH]c(C(=O)NC[C@@H](O)COc2ccc(F)cc2)c1C. The van der Waals surface area contributed by atoms with Gasteiger partial charge >= 0.3 is 0 Å². The van der Waals surface area contributed by atoms with Crippen LogP contribution in [-0.2, 0) is 0 Å². The van der Waals surface area contributed by atoms with Gasteiger partial charge in [-0.25, -0.2) is 4.39 Å². The molecule has 0 bridgehead atoms. The molecule has 2 rings (SSSR count). The average Bonchev–Trinajstić information content (AvgIpc) is 2.86. The molecule has 0 spiro atoms. The number of aryl methyl sites for hydroxylation is 1. The maximum absolute atomic E-state index is 12.8. The molecule has 7 heteroatoms. The molecule has 1 heterocycles. The van der Waals surface area contributed by atoms with E-state index in [1.54, 1.807) is 13.8 Å². The number of halogens is 1. The summed E-state index contributed by atoms with van der Waals surface area (Å²) in [6.07, 6.45) is -0.933. The summed E-state index contributed by atoms with van der Waals surface area (Å²) in [4.78, 5) is 26.7. The van der Waals surface area contributed by atoms with Gasteiger partial charge in [0.25, 0.3) is 5.91 Å². The number of amides is 1. The Morgan fingerprint density at radius 3 is 2.48 bits per heavy atom. The van der Waals surface area contributed by atoms with Gasteiger partial charge in [0.15, 0.2) is 5.78 Å². The van der Waals surface area contributed by atoms with E-state index in [0.717, 1.165) is 0 Å². The van der Waals surface area contributed by atoms with Crippen LogP contribution in [0.25, 0.3) is 0 Å². The summed E-state index contributed by atoms with van der Waals surface area (Å²) in [6.45, 7) is 4.80. The second kappa shape index (κ2) is 7.94. The molecule has 6 nitrogen and oxygen atoms in total. The molecule has 3 N–H and O–H groups in total. The zero-order valence-corrected chi connectivity index (χ0v) is 14.4. The zero-order chi connectivity index (χ0) is 18.6. The first-order chi connectivity index (χ1) is 11.8. The van der Waals surface area contributed by atoms with Crippen molar-refractivity contribution in [3.05, 3.63) is 52.6 Å². The fourth-order valence-corrected chi connectivity index (χ4v) is 2.59. The van der Waals surface area contributed by atoms with Crippen LogP contribution in [-0.4, -0.2) is 41.0 Å². The van der Waals surface area contributed by atoms with E-state index < -0.39 is 12.0 Å². The summed E-state index contributed by atoms with van der Waals surface area (Å²) < 4.78 is 18.1. The van der Waals surface area contributed by atoms with E-state index in [1.807, 2.05) is 0 Å². The molecule has 134 valence electrons. The van der Waals surface area contributed by atoms with Gasteiger partial charge < -0.3 is 20.1 Å². The summed E-state index contributed by atoms with van der Waals surface area (Å²) in [5.74, 6) is -0.470. The van der Waals surface area contributed by atoms with Crippen molar-refractivity contribution in [2.75, 3.05) is 13.2 Å². The number of H-pyrrole nitrogens is 1. The number of ether oxygens (including phenoxy) is 1. The van der Waals surface area contributed by atoms with Gasteiger partial charge in [-0.2, -0.15) is 0 Å². The van der Waals surface area contributed by atoms with Gasteiger partial charge in [-0.3, -0.25) is 9.59 Å². The molecule has 1 aromatic carbocycles. The smallest absolute Gasteiger partial charge is 0.268 e. The molecule has 0 aliphatic rings. The fourth-order valence-electron chi connectivity index (χ4n) is 2.59. The van der Waals surface area contributed by atoms with Gasteiger partial charge in [0, 0.05) is 17.8 Å². The second-order valence-corrected chi connectivity index (χ2v) is 5.81. The minimum absolute atomic E-state index is 0.0209. The first-order valence-corrected chi connectivity index (χ1v) is 7.84. The third kappa shape index (κ3) is 4.67. The highest BCUT2D eigenvalue weighted by Gasteiger charge is 2.20. The number of carbonyl (C=O) groups is 2. The molecule has 1 amide bonds. The van der Waals surface area contributed by atoms with Crippen molar-refractivity contribution in [3.63, 3.8) is 0 Å². The van der Waals surface area contributed by atoms with Crippen molar-refractivity contribution in [2.24, 2.45) is 0 Å². The van der Waals surface area contributed by atoms with Crippen LogP contribution in [0.15, 0.2) is 24.3 Å². The number of nitrogens with one attached hydrogen (secondary N) is 2. The number of Topliss-reactive ketones (excluding diaryl/α,β-unsaturated/α-hetero) is 1. The number of rotatable bonds is 7. The highest BCUT2D eigenvalue weighted by Crippen LogP contribution is 2.18. The normalized spacial score (nSPS) is 11.9. The monoisotopic (exact) mass is 348 g/mol. The van der Waals surface area contributed by atoms with Crippen LogP contribution < -0.4 is 10.1 Å². The first-order valence-electron chi connectivity index (χ1n) is 7.84. The number of aromatic nitrogens is 1. The highest BCUT2D eigenvalue weighted by molar-refractivity contribution is 6.02. The molecule has 0 saturated carbocycles. The number of aromatic amines is 1. The van der Waals surface area contributed by atoms with Gasteiger partial charge in [0.2, 0.25) is 0 Å². The number of hydrogen-bond donors (Lipinski definition) is 3. The van der Waals surface area contributed by atoms with Gasteiger partial charge in [-0.15, -0.1) is 0 Å². The molecular formula is C18H21FN2O4. The van der Waals surface area contributed by atoms with E-state index in [4.69, 9.17) is 4.74 Å². The number of benzene rings is 1. The molecular weight excluding hydrogens is 327 g/mol. The molecule has 1 aromatic heterocycles. The quantitative estimate of drug-likeness (QED) is 0.669. The van der Waals surface area contributed by atoms with Crippen molar-refractivity contribution in [2.45, 2.75) is 26.9 Å². The Kier molecular flexibility index (Phi) is 5.93. The lowest BCUT2D eigenvalue weighted by atomic mass is 10.1. The predicted molar refractivity (Wildman–Crippen MR) is 90.5 cm³/mol. The maximum Gasteiger partial charge on any atom is 0.268 e. The predicted octanol–water partition coefficient (Wildman–Crippen LogP) is 2.14. The topological polar surface area (TPSA) is 91.4 Å². The maximum atomic E-state index is 12.8. The Hall–Kier alpha value is -2.67. The Morgan fingerprint density at radius 1 is 1.28 bits per heavy atom. The van der Waals surface area contributed by atoms with Crippen molar-refractivity contribution >= 4 is 11.7 Å². The lowest BCUT2D eigenvalue weighted by molar-refractivity contribution is 0.0839. The van der Waals surface area contributed by atoms with Crippen LogP contribution in [0.5, 0.6) is 5.75 Å². The Morgan fingerprint density at radius 2 is 1.92 bits per heavy atom. The van der Waals surface area contributed by atoms with Crippen LogP contribution in [0.3, 0.4) is 0 Å². The highest BCUT2D eigenvalue weighted by atomic mass is 19.1. The zero-order valence-electron chi connectivity index (χ0n) is 14.4. The van der Waals surface area contributed by atoms with Crippen LogP contribution in [0.4, 0.5) is 4.39 Å². The Bertz CT molecular complexity index is 768. The molecule has 0 aliphatic carbocycles. The first kappa shape index (κ1) is 18.7. The van der Waals surface area contributed by atoms with E-state index in [0.29, 0.717) is 28.3 Å². The average molecular weight is 348 g/mol. The van der Waals surface area contributed by atoms with Crippen LogP contribution in [0.1, 0.15) is 39.0 Å². The van der Waals surface area contributed by atoms with E-state index in [-0.39, 0.29) is 24.8 Å². The van der Waals surface area contributed by atoms with Gasteiger partial charge in [-0.05, 0) is 50.6 Å². The summed E-state index contributed by atoms with van der Waals surface area (Å²) in [6, 6.07) is 5.42. The lowest BCUT2D eigenvalue weighted by Crippen LogP contribution is -2.35. The minimum Gasteiger partial charge on any atom is -0.491 e. The molecule has 0 unspecified atom stereocenters.